The van der Waals surface area contributed by atoms with E-state index in [2.05, 4.69) is 36.9 Å². The van der Waals surface area contributed by atoms with Gasteiger partial charge in [0.05, 0.1) is 37.8 Å². The van der Waals surface area contributed by atoms with Gasteiger partial charge in [0.1, 0.15) is 30.6 Å². The number of aliphatic imine (C=N–C) groups is 1. The molecule has 3 saturated heterocycles. The molecule has 4 fully saturated rings. The Morgan fingerprint density at radius 3 is 2.36 bits per heavy atom. The molecule has 1 saturated carbocycles. The molecule has 2 aromatic carbocycles. The molecule has 5 amide bonds. The topological polar surface area (TPSA) is 306 Å². The number of aliphatic hydroxyl groups is 2. The fourth-order valence-corrected chi connectivity index (χ4v) is 10.4. The monoisotopic (exact) mass is 1020 g/mol. The summed E-state index contributed by atoms with van der Waals surface area (Å²) < 4.78 is 12.2. The molecule has 22 heteroatoms. The smallest absolute Gasteiger partial charge is 0.862 e. The van der Waals surface area contributed by atoms with Gasteiger partial charge < -0.3 is 61.8 Å². The summed E-state index contributed by atoms with van der Waals surface area (Å²) in [6.45, 7) is -1.38. The van der Waals surface area contributed by atoms with Gasteiger partial charge in [-0.25, -0.2) is 4.79 Å². The Morgan fingerprint density at radius 2 is 1.61 bits per heavy atom. The molecule has 10 atom stereocenters. The number of Topliss-reactive ketones (excluding diaryl/α,β-unsaturated/α-hetero) is 1. The van der Waals surface area contributed by atoms with E-state index in [1.807, 2.05) is 18.2 Å². The molecule has 70 heavy (non-hydrogen) atoms. The van der Waals surface area contributed by atoms with Crippen LogP contribution in [0.5, 0.6) is 0 Å². The number of carbonyl (C=O) groups is 7. The first-order valence-corrected chi connectivity index (χ1v) is 24.4. The molecule has 4 aliphatic rings. The van der Waals surface area contributed by atoms with Gasteiger partial charge in [0.15, 0.2) is 12.1 Å². The zero-order valence-electron chi connectivity index (χ0n) is 39.2. The number of benzene rings is 2. The van der Waals surface area contributed by atoms with Gasteiger partial charge in [-0.2, -0.15) is 11.8 Å². The summed E-state index contributed by atoms with van der Waals surface area (Å²) in [5.41, 5.74) is 1.81. The van der Waals surface area contributed by atoms with E-state index in [0.29, 0.717) is 43.2 Å². The van der Waals surface area contributed by atoms with Gasteiger partial charge in [0.25, 0.3) is 0 Å². The molecule has 3 aliphatic heterocycles. The number of urea groups is 1. The molecule has 0 radical (unpaired) electrons. The van der Waals surface area contributed by atoms with Crippen molar-refractivity contribution in [2.45, 2.75) is 112 Å². The summed E-state index contributed by atoms with van der Waals surface area (Å²) >= 11 is 1.79. The minimum atomic E-state index is -1.49. The summed E-state index contributed by atoms with van der Waals surface area (Å²) in [5, 5.41) is 60.6. The zero-order valence-corrected chi connectivity index (χ0v) is 43.2. The average Bonchev–Trinajstić information content (AvgIpc) is 4.02. The van der Waals surface area contributed by atoms with E-state index in [1.54, 1.807) is 60.3 Å². The largest absolute Gasteiger partial charge is 1.00 e. The van der Waals surface area contributed by atoms with Crippen LogP contribution in [0.3, 0.4) is 0 Å². The second-order valence-electron chi connectivity index (χ2n) is 17.6. The standard InChI is InChI=1S/C48H63N7O13S.K/c56-34-19-18-31(21-41(61)62)32(34)11-5-2-8-20-67-47-43(53-22-28-14-16-30(17-15-28)44(63)29-9-3-1-4-10-29)46(65)45(64)35(68-47)23-49-38(58)25-51-40(60)26-52-39(59)24-50-37(57)13-7-6-12-36-42-33(27-69-36)54-48(66)55-42;/h1-5,9-10,14-17,31-33,35-36,42-43,45-47,53,64-65H,6-8,11-13,18-27H2,(H,49,58)(H,50,57)(H,51,60)(H,52,59)(H,61,62)(H2,54,55,66);/q;+1/p-1/b5-2-;/t31-,32+,33+,35-,36+,42+,43-,45-,46-,47-;/m1./s1. The molecule has 2 aromatic rings. The first-order chi connectivity index (χ1) is 33.2. The second kappa shape index (κ2) is 28.8. The number of nitrogens with zero attached hydrogens (tertiary/aromatic N) is 1. The Labute approximate surface area is 453 Å². The van der Waals surface area contributed by atoms with E-state index >= 15 is 0 Å². The maximum absolute atomic E-state index is 12.9. The van der Waals surface area contributed by atoms with Crippen molar-refractivity contribution in [3.8, 4) is 0 Å². The van der Waals surface area contributed by atoms with Crippen LogP contribution in [0, 0.1) is 11.8 Å². The van der Waals surface area contributed by atoms with E-state index in [0.717, 1.165) is 24.2 Å². The number of carboxylic acid groups (broad SMARTS) is 1. The fourth-order valence-electron chi connectivity index (χ4n) is 8.86. The number of allylic oxidation sites excluding steroid dienone is 1. The third kappa shape index (κ3) is 17.3. The first kappa shape index (κ1) is 56.8. The van der Waals surface area contributed by atoms with E-state index in [9.17, 15) is 54.0 Å². The summed E-state index contributed by atoms with van der Waals surface area (Å²) in [6.07, 6.45) is 2.47. The minimum Gasteiger partial charge on any atom is -0.862 e. The van der Waals surface area contributed by atoms with E-state index in [-0.39, 0.29) is 131 Å². The van der Waals surface area contributed by atoms with Crippen molar-refractivity contribution in [1.82, 2.24) is 31.9 Å². The minimum absolute atomic E-state index is 0. The quantitative estimate of drug-likeness (QED) is 0.00868. The van der Waals surface area contributed by atoms with Crippen molar-refractivity contribution in [2.75, 3.05) is 38.5 Å². The molecule has 3 heterocycles. The van der Waals surface area contributed by atoms with Crippen LogP contribution in [-0.4, -0.2) is 149 Å². The predicted octanol–water partition coefficient (Wildman–Crippen LogP) is -2.92. The molecule has 6 rings (SSSR count). The van der Waals surface area contributed by atoms with Crippen LogP contribution in [0.25, 0.3) is 0 Å². The van der Waals surface area contributed by atoms with Crippen LogP contribution in [0.1, 0.15) is 79.3 Å². The molecule has 0 bridgehead atoms. The number of hydrogen-bond acceptors (Lipinski definition) is 15. The Kier molecular flexibility index (Phi) is 23.4. The van der Waals surface area contributed by atoms with Crippen molar-refractivity contribution < 1.29 is 115 Å². The Balaban J connectivity index is 0.00000913. The number of thioether (sulfide) groups is 1. The van der Waals surface area contributed by atoms with Crippen LogP contribution in [0.2, 0.25) is 0 Å². The van der Waals surface area contributed by atoms with Gasteiger partial charge in [-0.3, -0.25) is 33.8 Å². The number of nitrogens with one attached hydrogen (secondary N) is 6. The number of carboxylic acids is 1. The molecule has 1 aliphatic carbocycles. The number of fused-ring (bicyclic) bond motifs is 1. The molecule has 374 valence electrons. The number of ether oxygens (including phenoxy) is 2. The molecular formula is C48H62KN7O13S. The number of amides is 5. The van der Waals surface area contributed by atoms with Crippen molar-refractivity contribution in [3.05, 3.63) is 83.4 Å². The van der Waals surface area contributed by atoms with Gasteiger partial charge in [-0.1, -0.05) is 73.2 Å². The Morgan fingerprint density at radius 1 is 0.900 bits per heavy atom. The molecular weight excluding hydrogens is 954 g/mol. The zero-order chi connectivity index (χ0) is 49.3. The summed E-state index contributed by atoms with van der Waals surface area (Å²) in [5.74, 6) is -3.15. The van der Waals surface area contributed by atoms with Crippen molar-refractivity contribution in [3.63, 3.8) is 0 Å². The second-order valence-corrected chi connectivity index (χ2v) is 18.9. The van der Waals surface area contributed by atoms with Gasteiger partial charge in [0.2, 0.25) is 17.7 Å². The number of hydrogen-bond donors (Lipinski definition) is 9. The maximum Gasteiger partial charge on any atom is 1.00 e. The maximum atomic E-state index is 12.9. The van der Waals surface area contributed by atoms with Crippen LogP contribution < -0.4 is 88.4 Å². The van der Waals surface area contributed by atoms with Crippen LogP contribution in [-0.2, 0) is 40.0 Å². The van der Waals surface area contributed by atoms with Crippen molar-refractivity contribution in [1.29, 1.82) is 0 Å². The normalized spacial score (nSPS) is 26.2. The molecule has 9 N–H and O–H groups in total. The van der Waals surface area contributed by atoms with Gasteiger partial charge >= 0.3 is 63.4 Å². The third-order valence-corrected chi connectivity index (χ3v) is 14.2. The number of unbranched alkanes of at least 4 members (excludes halogenated alkanes) is 1. The van der Waals surface area contributed by atoms with E-state index in [1.165, 1.54) is 0 Å². The number of carbonyl (C=O) groups excluding carboxylic acids is 6. The van der Waals surface area contributed by atoms with Crippen LogP contribution in [0.15, 0.2) is 71.7 Å². The fraction of sp³-hybridized carbons (Fsp3) is 0.542. The van der Waals surface area contributed by atoms with Gasteiger partial charge in [-0.15, -0.1) is 0 Å². The summed E-state index contributed by atoms with van der Waals surface area (Å²) in [6, 6.07) is 14.9. The SMILES string of the molecule is O=C(O)C[C@H]1CCC(=O)[C@H]1C/C=C\CCO[C@@H]1O[C@H](CNC(=O)CNC(=O)CNC(=O)CN=C([O-])CCCC[C@@H]2SC[C@@H]3NC(=O)N[C@@H]32)[C@@H](O)[C@H](O)[C@H]1NCc1ccc(C(=O)c2ccccc2)cc1.[K+]. The summed E-state index contributed by atoms with van der Waals surface area (Å²) in [4.78, 5) is 89.3. The predicted molar refractivity (Wildman–Crippen MR) is 251 cm³/mol. The molecule has 0 unspecified atom stereocenters. The third-order valence-electron chi connectivity index (χ3n) is 12.7. The van der Waals surface area contributed by atoms with Gasteiger partial charge in [-0.05, 0) is 55.9 Å². The molecule has 0 aromatic heterocycles. The number of rotatable bonds is 26. The summed E-state index contributed by atoms with van der Waals surface area (Å²) in [7, 11) is 0. The van der Waals surface area contributed by atoms with Crippen LogP contribution >= 0.6 is 11.8 Å². The van der Waals surface area contributed by atoms with E-state index < -0.39 is 79.9 Å². The number of ketones is 2. The Hall–Kier alpha value is -4.07. The van der Waals surface area contributed by atoms with Gasteiger partial charge in [0, 0.05) is 54.0 Å². The van der Waals surface area contributed by atoms with Crippen LogP contribution in [0.4, 0.5) is 4.79 Å². The first-order valence-electron chi connectivity index (χ1n) is 23.4. The van der Waals surface area contributed by atoms with E-state index in [4.69, 9.17) is 9.47 Å². The van der Waals surface area contributed by atoms with Crippen molar-refractivity contribution >= 4 is 58.9 Å². The molecule has 20 nitrogen and oxygen atoms in total. The number of aliphatic hydroxyl groups excluding tert-OH is 2. The number of aliphatic carboxylic acids is 1. The Bertz CT molecular complexity index is 2170. The molecule has 0 spiro atoms. The average molecular weight is 1020 g/mol. The van der Waals surface area contributed by atoms with Crippen molar-refractivity contribution in [2.24, 2.45) is 16.8 Å².